The first-order valence-electron chi connectivity index (χ1n) is 7.01. The lowest BCUT2D eigenvalue weighted by Gasteiger charge is -2.05. The molecule has 0 aliphatic carbocycles. The van der Waals surface area contributed by atoms with Crippen LogP contribution >= 0.6 is 11.6 Å². The van der Waals surface area contributed by atoms with E-state index in [1.165, 1.54) is 0 Å². The highest BCUT2D eigenvalue weighted by Gasteiger charge is 2.07. The molecule has 0 amide bonds. The van der Waals surface area contributed by atoms with Crippen molar-refractivity contribution >= 4 is 17.2 Å². The average Bonchev–Trinajstić information content (AvgIpc) is 2.99. The maximum Gasteiger partial charge on any atom is 0.137 e. The van der Waals surface area contributed by atoms with Gasteiger partial charge in [0.15, 0.2) is 0 Å². The van der Waals surface area contributed by atoms with Crippen molar-refractivity contribution < 1.29 is 0 Å². The van der Waals surface area contributed by atoms with Crippen molar-refractivity contribution in [2.45, 2.75) is 0 Å². The zero-order chi connectivity index (χ0) is 14.9. The summed E-state index contributed by atoms with van der Waals surface area (Å²) < 4.78 is 2.01. The van der Waals surface area contributed by atoms with Crippen LogP contribution in [0.5, 0.6) is 0 Å². The number of imidazole rings is 1. The summed E-state index contributed by atoms with van der Waals surface area (Å²) in [5.74, 6) is 0. The molecule has 0 spiro atoms. The molecular formula is C19H12ClN2. The fourth-order valence-corrected chi connectivity index (χ4v) is 2.79. The largest absolute Gasteiger partial charge is 0.306 e. The predicted octanol–water partition coefficient (Wildman–Crippen LogP) is 5.12. The van der Waals surface area contributed by atoms with Gasteiger partial charge in [0.25, 0.3) is 0 Å². The van der Waals surface area contributed by atoms with Gasteiger partial charge in [-0.05, 0) is 48.0 Å². The quantitative estimate of drug-likeness (QED) is 0.502. The first-order chi connectivity index (χ1) is 10.8. The van der Waals surface area contributed by atoms with Gasteiger partial charge in [-0.2, -0.15) is 0 Å². The predicted molar refractivity (Wildman–Crippen MR) is 89.9 cm³/mol. The van der Waals surface area contributed by atoms with Gasteiger partial charge in [-0.3, -0.25) is 0 Å². The number of nitrogens with zero attached hydrogens (tertiary/aromatic N) is 2. The van der Waals surface area contributed by atoms with E-state index in [4.69, 9.17) is 11.6 Å². The van der Waals surface area contributed by atoms with Gasteiger partial charge in [0.1, 0.15) is 5.65 Å². The summed E-state index contributed by atoms with van der Waals surface area (Å²) >= 11 is 6.29. The first-order valence-corrected chi connectivity index (χ1v) is 7.39. The summed E-state index contributed by atoms with van der Waals surface area (Å²) in [7, 11) is 0. The van der Waals surface area contributed by atoms with Crippen molar-refractivity contribution in [2.75, 3.05) is 0 Å². The van der Waals surface area contributed by atoms with Gasteiger partial charge in [-0.25, -0.2) is 4.98 Å². The lowest BCUT2D eigenvalue weighted by molar-refractivity contribution is 1.19. The Hall–Kier alpha value is -2.58. The number of hydrogen-bond donors (Lipinski definition) is 0. The lowest BCUT2D eigenvalue weighted by atomic mass is 10.0. The van der Waals surface area contributed by atoms with Gasteiger partial charge in [-0.15, -0.1) is 0 Å². The molecule has 3 heteroatoms. The average molecular weight is 304 g/mol. The standard InChI is InChI=1S/C19H12ClN2/c20-17-9-2-1-8-16(17)14-6-5-7-15(12-14)18-13-22-11-4-3-10-19(22)21-18/h1-4,6-13H. The van der Waals surface area contributed by atoms with Gasteiger partial charge >= 0.3 is 0 Å². The molecule has 0 bridgehead atoms. The Bertz CT molecular complexity index is 923. The summed E-state index contributed by atoms with van der Waals surface area (Å²) in [5.41, 5.74) is 4.93. The third-order valence-corrected chi connectivity index (χ3v) is 3.96. The molecule has 2 aromatic carbocycles. The van der Waals surface area contributed by atoms with E-state index in [0.29, 0.717) is 0 Å². The van der Waals surface area contributed by atoms with Gasteiger partial charge in [0.05, 0.1) is 5.69 Å². The molecule has 0 unspecified atom stereocenters. The third kappa shape index (κ3) is 2.28. The van der Waals surface area contributed by atoms with Crippen LogP contribution in [0, 0.1) is 6.07 Å². The third-order valence-electron chi connectivity index (χ3n) is 3.63. The van der Waals surface area contributed by atoms with E-state index in [0.717, 1.165) is 33.1 Å². The van der Waals surface area contributed by atoms with Crippen LogP contribution in [-0.4, -0.2) is 9.38 Å². The molecule has 4 rings (SSSR count). The highest BCUT2D eigenvalue weighted by atomic mass is 35.5. The number of hydrogen-bond acceptors (Lipinski definition) is 1. The molecule has 4 aromatic rings. The Balaban J connectivity index is 1.83. The number of rotatable bonds is 2. The van der Waals surface area contributed by atoms with Crippen LogP contribution in [-0.2, 0) is 0 Å². The second-order valence-electron chi connectivity index (χ2n) is 5.08. The monoisotopic (exact) mass is 303 g/mol. The van der Waals surface area contributed by atoms with Crippen LogP contribution in [0.1, 0.15) is 0 Å². The molecule has 0 fully saturated rings. The Morgan fingerprint density at radius 3 is 2.64 bits per heavy atom. The Labute approximate surface area is 133 Å². The molecule has 2 aromatic heterocycles. The normalized spacial score (nSPS) is 11.0. The zero-order valence-corrected chi connectivity index (χ0v) is 12.5. The van der Waals surface area contributed by atoms with E-state index in [9.17, 15) is 0 Å². The van der Waals surface area contributed by atoms with E-state index in [2.05, 4.69) is 17.1 Å². The summed E-state index contributed by atoms with van der Waals surface area (Å²) in [6, 6.07) is 23.0. The SMILES string of the molecule is Clc1ccccc1-c1c[c]cc(-c2cn3ccccc3n2)c1. The molecule has 0 N–H and O–H groups in total. The fourth-order valence-electron chi connectivity index (χ4n) is 2.54. The Morgan fingerprint density at radius 1 is 0.955 bits per heavy atom. The van der Waals surface area contributed by atoms with Gasteiger partial charge in [0, 0.05) is 28.5 Å². The molecule has 2 heterocycles. The van der Waals surface area contributed by atoms with Gasteiger partial charge < -0.3 is 4.40 Å². The van der Waals surface area contributed by atoms with Gasteiger partial charge in [-0.1, -0.05) is 35.9 Å². The van der Waals surface area contributed by atoms with E-state index >= 15 is 0 Å². The summed E-state index contributed by atoms with van der Waals surface area (Å²) in [5, 5.41) is 0.739. The number of aromatic nitrogens is 2. The Kier molecular flexibility index (Phi) is 3.17. The van der Waals surface area contributed by atoms with Crippen molar-refractivity contribution in [3.63, 3.8) is 0 Å². The topological polar surface area (TPSA) is 17.3 Å². The summed E-state index contributed by atoms with van der Waals surface area (Å²) in [6.45, 7) is 0. The minimum absolute atomic E-state index is 0.739. The van der Waals surface area contributed by atoms with Gasteiger partial charge in [0.2, 0.25) is 0 Å². The highest BCUT2D eigenvalue weighted by molar-refractivity contribution is 6.33. The maximum absolute atomic E-state index is 6.29. The molecule has 0 saturated carbocycles. The minimum Gasteiger partial charge on any atom is -0.306 e. The summed E-state index contributed by atoms with van der Waals surface area (Å²) in [4.78, 5) is 4.65. The number of fused-ring (bicyclic) bond motifs is 1. The van der Waals surface area contributed by atoms with Crippen LogP contribution in [0.15, 0.2) is 73.1 Å². The molecule has 0 aliphatic rings. The van der Waals surface area contributed by atoms with Crippen LogP contribution in [0.3, 0.4) is 0 Å². The maximum atomic E-state index is 6.29. The van der Waals surface area contributed by atoms with E-state index in [1.807, 2.05) is 71.4 Å². The molecule has 2 nitrogen and oxygen atoms in total. The van der Waals surface area contributed by atoms with Crippen LogP contribution in [0.25, 0.3) is 28.0 Å². The molecule has 22 heavy (non-hydrogen) atoms. The number of halogens is 1. The lowest BCUT2D eigenvalue weighted by Crippen LogP contribution is -1.82. The molecule has 105 valence electrons. The molecule has 1 radical (unpaired) electrons. The van der Waals surface area contributed by atoms with Crippen LogP contribution in [0.2, 0.25) is 5.02 Å². The highest BCUT2D eigenvalue weighted by Crippen LogP contribution is 2.30. The van der Waals surface area contributed by atoms with Crippen molar-refractivity contribution in [2.24, 2.45) is 0 Å². The van der Waals surface area contributed by atoms with E-state index in [1.54, 1.807) is 0 Å². The number of benzene rings is 2. The zero-order valence-electron chi connectivity index (χ0n) is 11.7. The number of pyridine rings is 1. The molecular weight excluding hydrogens is 292 g/mol. The molecule has 0 atom stereocenters. The van der Waals surface area contributed by atoms with E-state index in [-0.39, 0.29) is 0 Å². The Morgan fingerprint density at radius 2 is 1.77 bits per heavy atom. The smallest absolute Gasteiger partial charge is 0.137 e. The van der Waals surface area contributed by atoms with Crippen molar-refractivity contribution in [1.29, 1.82) is 0 Å². The summed E-state index contributed by atoms with van der Waals surface area (Å²) in [6.07, 6.45) is 4.02. The molecule has 0 aliphatic heterocycles. The van der Waals surface area contributed by atoms with Crippen molar-refractivity contribution in [3.8, 4) is 22.4 Å². The van der Waals surface area contributed by atoms with E-state index < -0.39 is 0 Å². The fraction of sp³-hybridized carbons (Fsp3) is 0. The van der Waals surface area contributed by atoms with Crippen LogP contribution in [0.4, 0.5) is 0 Å². The first kappa shape index (κ1) is 13.1. The van der Waals surface area contributed by atoms with Crippen molar-refractivity contribution in [1.82, 2.24) is 9.38 Å². The second-order valence-corrected chi connectivity index (χ2v) is 5.49. The minimum atomic E-state index is 0.739. The van der Waals surface area contributed by atoms with Crippen molar-refractivity contribution in [3.05, 3.63) is 84.1 Å². The van der Waals surface area contributed by atoms with Crippen LogP contribution < -0.4 is 0 Å². The molecule has 0 saturated heterocycles. The second kappa shape index (κ2) is 5.32.